The lowest BCUT2D eigenvalue weighted by Crippen LogP contribution is -2.52. The van der Waals surface area contributed by atoms with Crippen molar-refractivity contribution in [3.05, 3.63) is 22.8 Å². The van der Waals surface area contributed by atoms with Crippen molar-refractivity contribution >= 4 is 11.6 Å². The fourth-order valence-electron chi connectivity index (χ4n) is 1.95. The van der Waals surface area contributed by atoms with E-state index in [4.69, 9.17) is 26.3 Å². The summed E-state index contributed by atoms with van der Waals surface area (Å²) >= 11 is 6.02. The predicted octanol–water partition coefficient (Wildman–Crippen LogP) is 1.75. The third-order valence-corrected chi connectivity index (χ3v) is 3.16. The first kappa shape index (κ1) is 14.1. The van der Waals surface area contributed by atoms with Gasteiger partial charge in [0.25, 0.3) is 0 Å². The van der Waals surface area contributed by atoms with Gasteiger partial charge in [0, 0.05) is 19.3 Å². The van der Waals surface area contributed by atoms with Gasteiger partial charge in [0.15, 0.2) is 0 Å². The van der Waals surface area contributed by atoms with E-state index in [1.165, 1.54) is 6.20 Å². The van der Waals surface area contributed by atoms with E-state index >= 15 is 0 Å². The van der Waals surface area contributed by atoms with Gasteiger partial charge in [0.1, 0.15) is 23.8 Å². The normalized spacial score (nSPS) is 21.7. The Balaban J connectivity index is 1.98. The van der Waals surface area contributed by atoms with Gasteiger partial charge in [-0.05, 0) is 19.9 Å². The molecule has 1 saturated heterocycles. The number of aromatic nitrogens is 1. The molecule has 1 fully saturated rings. The number of nitrogens with zero attached hydrogens (tertiary/aromatic N) is 2. The minimum Gasteiger partial charge on any atom is -0.474 e. The molecule has 0 saturated carbocycles. The number of rotatable bonds is 3. The predicted molar refractivity (Wildman–Crippen MR) is 71.3 cm³/mol. The minimum absolute atomic E-state index is 0.0626. The quantitative estimate of drug-likeness (QED) is 0.914. The highest BCUT2D eigenvalue weighted by atomic mass is 35.5. The SMILES string of the molecule is CC1(C)CNCC(COc2nccc(C#N)c2Cl)O1. The second-order valence-corrected chi connectivity index (χ2v) is 5.41. The molecule has 5 nitrogen and oxygen atoms in total. The van der Waals surface area contributed by atoms with Gasteiger partial charge in [-0.1, -0.05) is 11.6 Å². The molecule has 0 radical (unpaired) electrons. The average Bonchev–Trinajstić information content (AvgIpc) is 2.36. The first-order valence-corrected chi connectivity index (χ1v) is 6.45. The van der Waals surface area contributed by atoms with Gasteiger partial charge in [-0.2, -0.15) is 5.26 Å². The molecule has 102 valence electrons. The van der Waals surface area contributed by atoms with E-state index in [9.17, 15) is 0 Å². The monoisotopic (exact) mass is 281 g/mol. The van der Waals surface area contributed by atoms with Crippen LogP contribution in [0, 0.1) is 11.3 Å². The van der Waals surface area contributed by atoms with E-state index in [2.05, 4.69) is 10.3 Å². The van der Waals surface area contributed by atoms with E-state index in [1.807, 2.05) is 19.9 Å². The van der Waals surface area contributed by atoms with E-state index in [0.717, 1.165) is 13.1 Å². The molecule has 1 atom stereocenters. The van der Waals surface area contributed by atoms with E-state index in [0.29, 0.717) is 12.2 Å². The van der Waals surface area contributed by atoms with Crippen molar-refractivity contribution in [2.24, 2.45) is 0 Å². The fraction of sp³-hybridized carbons (Fsp3) is 0.538. The first-order valence-electron chi connectivity index (χ1n) is 6.08. The summed E-state index contributed by atoms with van der Waals surface area (Å²) < 4.78 is 11.4. The maximum Gasteiger partial charge on any atom is 0.234 e. The Kier molecular flexibility index (Phi) is 4.25. The number of nitrogens with one attached hydrogen (secondary N) is 1. The largest absolute Gasteiger partial charge is 0.474 e. The molecule has 0 aliphatic carbocycles. The Labute approximate surface area is 117 Å². The molecular weight excluding hydrogens is 266 g/mol. The summed E-state index contributed by atoms with van der Waals surface area (Å²) in [6, 6.07) is 3.54. The summed E-state index contributed by atoms with van der Waals surface area (Å²) in [6.07, 6.45) is 1.44. The van der Waals surface area contributed by atoms with Gasteiger partial charge in [-0.25, -0.2) is 4.98 Å². The number of morpholine rings is 1. The fourth-order valence-corrected chi connectivity index (χ4v) is 2.15. The van der Waals surface area contributed by atoms with E-state index in [1.54, 1.807) is 6.07 Å². The first-order chi connectivity index (χ1) is 9.02. The number of pyridine rings is 1. The zero-order valence-electron chi connectivity index (χ0n) is 10.9. The van der Waals surface area contributed by atoms with Crippen molar-refractivity contribution in [2.45, 2.75) is 25.6 Å². The van der Waals surface area contributed by atoms with Crippen LogP contribution in [0.5, 0.6) is 5.88 Å². The van der Waals surface area contributed by atoms with Gasteiger partial charge in [-0.3, -0.25) is 0 Å². The van der Waals surface area contributed by atoms with E-state index < -0.39 is 0 Å². The molecule has 2 rings (SSSR count). The summed E-state index contributed by atoms with van der Waals surface area (Å²) in [5.41, 5.74) is 0.146. The number of hydrogen-bond acceptors (Lipinski definition) is 5. The van der Waals surface area contributed by atoms with Crippen LogP contribution in [0.25, 0.3) is 0 Å². The third-order valence-electron chi connectivity index (χ3n) is 2.79. The Morgan fingerprint density at radius 2 is 2.47 bits per heavy atom. The van der Waals surface area contributed by atoms with Gasteiger partial charge in [0.05, 0.1) is 11.2 Å². The molecule has 1 aliphatic rings. The van der Waals surface area contributed by atoms with Crippen molar-refractivity contribution in [3.8, 4) is 11.9 Å². The second kappa shape index (κ2) is 5.74. The molecule has 0 aromatic carbocycles. The molecule has 6 heteroatoms. The van der Waals surface area contributed by atoms with Crippen LogP contribution < -0.4 is 10.1 Å². The topological polar surface area (TPSA) is 67.2 Å². The lowest BCUT2D eigenvalue weighted by molar-refractivity contribution is -0.107. The van der Waals surface area contributed by atoms with Crippen molar-refractivity contribution in [1.29, 1.82) is 5.26 Å². The van der Waals surface area contributed by atoms with Crippen molar-refractivity contribution < 1.29 is 9.47 Å². The summed E-state index contributed by atoms with van der Waals surface area (Å²) in [7, 11) is 0. The van der Waals surface area contributed by atoms with Gasteiger partial charge in [-0.15, -0.1) is 0 Å². The molecule has 0 amide bonds. The lowest BCUT2D eigenvalue weighted by Gasteiger charge is -2.36. The molecule has 1 aromatic heterocycles. The molecule has 19 heavy (non-hydrogen) atoms. The maximum absolute atomic E-state index is 8.88. The third kappa shape index (κ3) is 3.57. The highest BCUT2D eigenvalue weighted by molar-refractivity contribution is 6.32. The summed E-state index contributed by atoms with van der Waals surface area (Å²) in [5.74, 6) is 0.271. The number of halogens is 1. The maximum atomic E-state index is 8.88. The minimum atomic E-state index is -0.210. The van der Waals surface area contributed by atoms with Crippen molar-refractivity contribution in [1.82, 2.24) is 10.3 Å². The zero-order valence-corrected chi connectivity index (χ0v) is 11.7. The van der Waals surface area contributed by atoms with Crippen LogP contribution in [0.2, 0.25) is 5.02 Å². The lowest BCUT2D eigenvalue weighted by atomic mass is 10.1. The Morgan fingerprint density at radius 1 is 1.68 bits per heavy atom. The van der Waals surface area contributed by atoms with Crippen LogP contribution >= 0.6 is 11.6 Å². The van der Waals surface area contributed by atoms with Gasteiger partial charge < -0.3 is 14.8 Å². The molecule has 0 spiro atoms. The van der Waals surface area contributed by atoms with Gasteiger partial charge >= 0.3 is 0 Å². The highest BCUT2D eigenvalue weighted by Gasteiger charge is 2.28. The van der Waals surface area contributed by atoms with Crippen LogP contribution in [0.4, 0.5) is 0 Å². The zero-order chi connectivity index (χ0) is 13.9. The Hall–Kier alpha value is -1.35. The highest BCUT2D eigenvalue weighted by Crippen LogP contribution is 2.25. The Morgan fingerprint density at radius 3 is 3.16 bits per heavy atom. The number of ether oxygens (including phenoxy) is 2. The van der Waals surface area contributed by atoms with Gasteiger partial charge in [0.2, 0.25) is 5.88 Å². The average molecular weight is 282 g/mol. The molecule has 1 aromatic rings. The number of hydrogen-bond donors (Lipinski definition) is 1. The molecule has 1 aliphatic heterocycles. The smallest absolute Gasteiger partial charge is 0.234 e. The van der Waals surface area contributed by atoms with E-state index in [-0.39, 0.29) is 22.6 Å². The van der Waals surface area contributed by atoms with Crippen LogP contribution in [-0.2, 0) is 4.74 Å². The summed E-state index contributed by atoms with van der Waals surface area (Å²) in [4.78, 5) is 4.03. The van der Waals surface area contributed by atoms with Crippen LogP contribution in [0.3, 0.4) is 0 Å². The van der Waals surface area contributed by atoms with Crippen molar-refractivity contribution in [2.75, 3.05) is 19.7 Å². The molecule has 0 bridgehead atoms. The van der Waals surface area contributed by atoms with Crippen molar-refractivity contribution in [3.63, 3.8) is 0 Å². The standard InChI is InChI=1S/C13H16ClN3O2/c1-13(2)8-16-6-10(19-13)7-18-12-11(14)9(5-15)3-4-17-12/h3-4,10,16H,6-8H2,1-2H3. The second-order valence-electron chi connectivity index (χ2n) is 5.03. The number of nitriles is 1. The Bertz CT molecular complexity index is 499. The molecule has 1 unspecified atom stereocenters. The molecule has 1 N–H and O–H groups in total. The van der Waals surface area contributed by atoms with Crippen LogP contribution in [0.1, 0.15) is 19.4 Å². The van der Waals surface area contributed by atoms with Crippen LogP contribution in [-0.4, -0.2) is 36.4 Å². The van der Waals surface area contributed by atoms with Crippen LogP contribution in [0.15, 0.2) is 12.3 Å². The molecule has 2 heterocycles. The summed E-state index contributed by atoms with van der Waals surface area (Å²) in [6.45, 7) is 5.92. The molecular formula is C13H16ClN3O2. The summed E-state index contributed by atoms with van der Waals surface area (Å²) in [5, 5.41) is 12.4.